The Bertz CT molecular complexity index is 995. The minimum Gasteiger partial charge on any atom is -0.472 e. The van der Waals surface area contributed by atoms with Crippen molar-refractivity contribution in [2.75, 3.05) is 20.2 Å². The number of amides is 1. The number of hydrogen-bond donors (Lipinski definition) is 0. The van der Waals surface area contributed by atoms with Crippen molar-refractivity contribution in [1.29, 1.82) is 0 Å². The standard InChI is InChI=1S/C20H21N5O4/c1-12-4-5-14(8-21-12)19-16(13(2)29-24-19)11-28-18-7-6-17(22-23-18)20(26)25-9-15(10-25)27-3/h4-8,15H,9-11H2,1-3H3. The second kappa shape index (κ2) is 7.96. The van der Waals surface area contributed by atoms with Crippen molar-refractivity contribution < 1.29 is 18.8 Å². The van der Waals surface area contributed by atoms with Crippen LogP contribution in [0.2, 0.25) is 0 Å². The maximum absolute atomic E-state index is 12.3. The number of pyridine rings is 1. The second-order valence-electron chi connectivity index (χ2n) is 6.87. The Morgan fingerprint density at radius 3 is 2.69 bits per heavy atom. The van der Waals surface area contributed by atoms with Crippen molar-refractivity contribution in [3.63, 3.8) is 0 Å². The van der Waals surface area contributed by atoms with Crippen LogP contribution in [0.1, 0.15) is 27.5 Å². The first kappa shape index (κ1) is 19.0. The molecule has 0 aliphatic carbocycles. The third kappa shape index (κ3) is 3.95. The van der Waals surface area contributed by atoms with Crippen LogP contribution in [-0.4, -0.2) is 57.4 Å². The average molecular weight is 395 g/mol. The van der Waals surface area contributed by atoms with Crippen molar-refractivity contribution in [3.8, 4) is 17.1 Å². The maximum atomic E-state index is 12.3. The largest absolute Gasteiger partial charge is 0.472 e. The van der Waals surface area contributed by atoms with Crippen molar-refractivity contribution in [2.45, 2.75) is 26.6 Å². The lowest BCUT2D eigenvalue weighted by Crippen LogP contribution is -2.54. The van der Waals surface area contributed by atoms with Gasteiger partial charge in [0.2, 0.25) is 5.88 Å². The molecule has 1 aliphatic rings. The minimum atomic E-state index is -0.165. The van der Waals surface area contributed by atoms with Gasteiger partial charge in [-0.15, -0.1) is 10.2 Å². The fourth-order valence-electron chi connectivity index (χ4n) is 2.97. The van der Waals surface area contributed by atoms with Crippen molar-refractivity contribution in [1.82, 2.24) is 25.2 Å². The summed E-state index contributed by atoms with van der Waals surface area (Å²) in [6.07, 6.45) is 1.85. The lowest BCUT2D eigenvalue weighted by molar-refractivity contribution is -0.0195. The highest BCUT2D eigenvalue weighted by atomic mass is 16.5. The van der Waals surface area contributed by atoms with Crippen LogP contribution < -0.4 is 4.74 Å². The molecule has 29 heavy (non-hydrogen) atoms. The minimum absolute atomic E-state index is 0.0965. The molecule has 1 fully saturated rings. The predicted octanol–water partition coefficient (Wildman–Crippen LogP) is 2.19. The van der Waals surface area contributed by atoms with E-state index < -0.39 is 0 Å². The van der Waals surface area contributed by atoms with E-state index in [0.29, 0.717) is 30.4 Å². The van der Waals surface area contributed by atoms with Gasteiger partial charge in [0.25, 0.3) is 5.91 Å². The molecule has 4 heterocycles. The molecule has 1 saturated heterocycles. The van der Waals surface area contributed by atoms with E-state index in [9.17, 15) is 4.79 Å². The fraction of sp³-hybridized carbons (Fsp3) is 0.350. The van der Waals surface area contributed by atoms with E-state index in [4.69, 9.17) is 14.0 Å². The third-order valence-corrected chi connectivity index (χ3v) is 4.86. The van der Waals surface area contributed by atoms with Gasteiger partial charge in [-0.2, -0.15) is 0 Å². The van der Waals surface area contributed by atoms with Crippen LogP contribution in [0.3, 0.4) is 0 Å². The van der Waals surface area contributed by atoms with Gasteiger partial charge in [-0.1, -0.05) is 5.16 Å². The van der Waals surface area contributed by atoms with Crippen LogP contribution in [0.15, 0.2) is 35.0 Å². The zero-order valence-corrected chi connectivity index (χ0v) is 16.5. The molecule has 0 bridgehead atoms. The Labute approximate surface area is 167 Å². The summed E-state index contributed by atoms with van der Waals surface area (Å²) in [5, 5.41) is 12.1. The molecule has 9 nitrogen and oxygen atoms in total. The molecule has 1 aliphatic heterocycles. The molecule has 150 valence electrons. The molecule has 3 aromatic heterocycles. The van der Waals surface area contributed by atoms with Crippen LogP contribution in [0, 0.1) is 13.8 Å². The summed E-state index contributed by atoms with van der Waals surface area (Å²) in [5.74, 6) is 0.806. The number of likely N-dealkylation sites (tertiary alicyclic amines) is 1. The second-order valence-corrected chi connectivity index (χ2v) is 6.87. The van der Waals surface area contributed by atoms with E-state index >= 15 is 0 Å². The first-order valence-electron chi connectivity index (χ1n) is 9.22. The van der Waals surface area contributed by atoms with Gasteiger partial charge in [0, 0.05) is 43.7 Å². The molecule has 4 rings (SSSR count). The quantitative estimate of drug-likeness (QED) is 0.626. The molecule has 1 amide bonds. The number of carbonyl (C=O) groups excluding carboxylic acids is 1. The van der Waals surface area contributed by atoms with Crippen LogP contribution in [-0.2, 0) is 11.3 Å². The number of ether oxygens (including phenoxy) is 2. The lowest BCUT2D eigenvalue weighted by Gasteiger charge is -2.37. The number of rotatable bonds is 6. The third-order valence-electron chi connectivity index (χ3n) is 4.86. The van der Waals surface area contributed by atoms with Crippen LogP contribution in [0.5, 0.6) is 5.88 Å². The molecule has 0 radical (unpaired) electrons. The highest BCUT2D eigenvalue weighted by molar-refractivity contribution is 5.92. The van der Waals surface area contributed by atoms with Gasteiger partial charge in [0.15, 0.2) is 5.69 Å². The van der Waals surface area contributed by atoms with Gasteiger partial charge in [0.05, 0.1) is 11.7 Å². The summed E-state index contributed by atoms with van der Waals surface area (Å²) in [4.78, 5) is 18.3. The van der Waals surface area contributed by atoms with E-state index in [1.807, 2.05) is 26.0 Å². The Balaban J connectivity index is 1.42. The zero-order chi connectivity index (χ0) is 20.4. The Kier molecular flexibility index (Phi) is 5.22. The number of hydrogen-bond acceptors (Lipinski definition) is 8. The van der Waals surface area contributed by atoms with E-state index in [1.165, 1.54) is 0 Å². The monoisotopic (exact) mass is 395 g/mol. The van der Waals surface area contributed by atoms with Gasteiger partial charge in [0.1, 0.15) is 18.1 Å². The van der Waals surface area contributed by atoms with Crippen LogP contribution in [0.4, 0.5) is 0 Å². The van der Waals surface area contributed by atoms with Crippen LogP contribution >= 0.6 is 0 Å². The molecule has 0 N–H and O–H groups in total. The summed E-state index contributed by atoms with van der Waals surface area (Å²) < 4.78 is 16.3. The topological polar surface area (TPSA) is 103 Å². The molecule has 0 saturated carbocycles. The fourth-order valence-corrected chi connectivity index (χ4v) is 2.97. The van der Waals surface area contributed by atoms with Crippen molar-refractivity contribution in [3.05, 3.63) is 53.2 Å². The lowest BCUT2D eigenvalue weighted by atomic mass is 10.1. The molecule has 0 atom stereocenters. The number of nitrogens with zero attached hydrogens (tertiary/aromatic N) is 5. The molecule has 0 aromatic carbocycles. The van der Waals surface area contributed by atoms with Crippen LogP contribution in [0.25, 0.3) is 11.3 Å². The van der Waals surface area contributed by atoms with E-state index in [-0.39, 0.29) is 24.3 Å². The van der Waals surface area contributed by atoms with Crippen molar-refractivity contribution >= 4 is 5.91 Å². The Morgan fingerprint density at radius 1 is 1.21 bits per heavy atom. The van der Waals surface area contributed by atoms with E-state index in [0.717, 1.165) is 16.8 Å². The normalized spacial score (nSPS) is 14.0. The van der Waals surface area contributed by atoms with Gasteiger partial charge >= 0.3 is 0 Å². The summed E-state index contributed by atoms with van der Waals surface area (Å²) >= 11 is 0. The number of methoxy groups -OCH3 is 1. The average Bonchev–Trinajstić information content (AvgIpc) is 3.07. The first-order chi connectivity index (χ1) is 14.0. The predicted molar refractivity (Wildman–Crippen MR) is 102 cm³/mol. The number of aromatic nitrogens is 4. The van der Waals surface area contributed by atoms with Gasteiger partial charge in [-0.3, -0.25) is 9.78 Å². The molecule has 0 spiro atoms. The van der Waals surface area contributed by atoms with Gasteiger partial charge < -0.3 is 18.9 Å². The Hall–Kier alpha value is -3.33. The SMILES string of the molecule is COC1CN(C(=O)c2ccc(OCc3c(-c4ccc(C)nc4)noc3C)nn2)C1. The van der Waals surface area contributed by atoms with Crippen molar-refractivity contribution in [2.24, 2.45) is 0 Å². The van der Waals surface area contributed by atoms with Gasteiger partial charge in [-0.05, 0) is 32.0 Å². The number of carbonyl (C=O) groups is 1. The highest BCUT2D eigenvalue weighted by Crippen LogP contribution is 2.26. The molecular weight excluding hydrogens is 374 g/mol. The molecule has 9 heteroatoms. The van der Waals surface area contributed by atoms with E-state index in [1.54, 1.807) is 30.3 Å². The molecular formula is C20H21N5O4. The number of aryl methyl sites for hydroxylation is 2. The molecule has 0 unspecified atom stereocenters. The Morgan fingerprint density at radius 2 is 2.03 bits per heavy atom. The van der Waals surface area contributed by atoms with Gasteiger partial charge in [-0.25, -0.2) is 0 Å². The highest BCUT2D eigenvalue weighted by Gasteiger charge is 2.31. The summed E-state index contributed by atoms with van der Waals surface area (Å²) in [6, 6.07) is 7.09. The maximum Gasteiger partial charge on any atom is 0.274 e. The summed E-state index contributed by atoms with van der Waals surface area (Å²) in [7, 11) is 1.64. The summed E-state index contributed by atoms with van der Waals surface area (Å²) in [6.45, 7) is 5.09. The van der Waals surface area contributed by atoms with E-state index in [2.05, 4.69) is 20.3 Å². The first-order valence-corrected chi connectivity index (χ1v) is 9.22. The molecule has 3 aromatic rings. The zero-order valence-electron chi connectivity index (χ0n) is 16.5. The summed E-state index contributed by atoms with van der Waals surface area (Å²) in [5.41, 5.74) is 3.54. The smallest absolute Gasteiger partial charge is 0.274 e.